The number of nitrogens with one attached hydrogen (secondary N) is 1. The van der Waals surface area contributed by atoms with Crippen molar-refractivity contribution in [1.29, 1.82) is 0 Å². The predicted molar refractivity (Wildman–Crippen MR) is 62.7 cm³/mol. The van der Waals surface area contributed by atoms with Gasteiger partial charge in [-0.05, 0) is 56.5 Å². The van der Waals surface area contributed by atoms with E-state index in [0.717, 1.165) is 17.5 Å². The Hall–Kier alpha value is -0.890. The summed E-state index contributed by atoms with van der Waals surface area (Å²) < 4.78 is 13.2. The molecular formula is C13H20FN. The summed E-state index contributed by atoms with van der Waals surface area (Å²) in [6.45, 7) is 6.21. The van der Waals surface area contributed by atoms with Crippen LogP contribution in [-0.2, 0) is 0 Å². The number of benzene rings is 1. The topological polar surface area (TPSA) is 12.0 Å². The van der Waals surface area contributed by atoms with E-state index < -0.39 is 0 Å². The van der Waals surface area contributed by atoms with Gasteiger partial charge < -0.3 is 5.32 Å². The van der Waals surface area contributed by atoms with Crippen LogP contribution in [0.15, 0.2) is 18.2 Å². The Labute approximate surface area is 91.7 Å². The van der Waals surface area contributed by atoms with Crippen molar-refractivity contribution in [1.82, 2.24) is 5.32 Å². The molecule has 15 heavy (non-hydrogen) atoms. The minimum absolute atomic E-state index is 0.131. The first-order chi connectivity index (χ1) is 7.02. The summed E-state index contributed by atoms with van der Waals surface area (Å²) in [5.41, 5.74) is 2.09. The molecule has 0 radical (unpaired) electrons. The summed E-state index contributed by atoms with van der Waals surface area (Å²) in [7, 11) is 1.95. The van der Waals surface area contributed by atoms with Crippen LogP contribution in [0.2, 0.25) is 0 Å². The second-order valence-corrected chi connectivity index (χ2v) is 4.39. The summed E-state index contributed by atoms with van der Waals surface area (Å²) in [5.74, 6) is 0.260. The Balaban J connectivity index is 2.77. The average molecular weight is 209 g/mol. The van der Waals surface area contributed by atoms with Crippen molar-refractivity contribution in [2.75, 3.05) is 7.05 Å². The van der Waals surface area contributed by atoms with Crippen molar-refractivity contribution in [3.8, 4) is 0 Å². The van der Waals surface area contributed by atoms with Gasteiger partial charge in [-0.25, -0.2) is 4.39 Å². The van der Waals surface area contributed by atoms with E-state index >= 15 is 0 Å². The van der Waals surface area contributed by atoms with Crippen molar-refractivity contribution >= 4 is 0 Å². The lowest BCUT2D eigenvalue weighted by molar-refractivity contribution is 0.513. The highest BCUT2D eigenvalue weighted by Crippen LogP contribution is 2.22. The van der Waals surface area contributed by atoms with Crippen LogP contribution in [-0.4, -0.2) is 13.1 Å². The lowest BCUT2D eigenvalue weighted by Gasteiger charge is -2.17. The maximum absolute atomic E-state index is 13.2. The van der Waals surface area contributed by atoms with Gasteiger partial charge in [-0.1, -0.05) is 13.0 Å². The van der Waals surface area contributed by atoms with Crippen LogP contribution in [0.25, 0.3) is 0 Å². The molecule has 2 heteroatoms. The zero-order chi connectivity index (χ0) is 11.4. The Morgan fingerprint density at radius 3 is 2.47 bits per heavy atom. The smallest absolute Gasteiger partial charge is 0.123 e. The van der Waals surface area contributed by atoms with Crippen molar-refractivity contribution in [3.63, 3.8) is 0 Å². The first-order valence-corrected chi connectivity index (χ1v) is 5.47. The van der Waals surface area contributed by atoms with Gasteiger partial charge in [-0.15, -0.1) is 0 Å². The molecule has 0 bridgehead atoms. The van der Waals surface area contributed by atoms with E-state index in [2.05, 4.69) is 25.2 Å². The molecule has 1 rings (SSSR count). The van der Waals surface area contributed by atoms with E-state index in [1.54, 1.807) is 12.1 Å². The van der Waals surface area contributed by atoms with E-state index in [1.165, 1.54) is 0 Å². The molecular weight excluding hydrogens is 189 g/mol. The molecule has 2 atom stereocenters. The molecule has 0 heterocycles. The predicted octanol–water partition coefficient (Wildman–Crippen LogP) is 3.24. The van der Waals surface area contributed by atoms with Crippen molar-refractivity contribution in [2.45, 2.75) is 39.2 Å². The summed E-state index contributed by atoms with van der Waals surface area (Å²) >= 11 is 0. The van der Waals surface area contributed by atoms with E-state index in [4.69, 9.17) is 0 Å². The average Bonchev–Trinajstić information content (AvgIpc) is 2.16. The van der Waals surface area contributed by atoms with E-state index in [9.17, 15) is 4.39 Å². The van der Waals surface area contributed by atoms with Crippen LogP contribution in [0.1, 0.15) is 37.3 Å². The molecule has 0 aliphatic carbocycles. The number of hydrogen-bond donors (Lipinski definition) is 1. The fourth-order valence-electron chi connectivity index (χ4n) is 1.83. The Bertz CT molecular complexity index is 302. The van der Waals surface area contributed by atoms with Gasteiger partial charge in [0.25, 0.3) is 0 Å². The lowest BCUT2D eigenvalue weighted by atomic mass is 9.93. The standard InChI is InChI=1S/C13H20FN/c1-9-5-12(8-13(14)6-9)10(2)7-11(3)15-4/h5-6,8,10-11,15H,7H2,1-4H3. The molecule has 0 aromatic heterocycles. The van der Waals surface area contributed by atoms with Gasteiger partial charge in [0, 0.05) is 6.04 Å². The van der Waals surface area contributed by atoms with Gasteiger partial charge in [0.15, 0.2) is 0 Å². The minimum Gasteiger partial charge on any atom is -0.317 e. The zero-order valence-electron chi connectivity index (χ0n) is 9.97. The maximum atomic E-state index is 13.2. The Morgan fingerprint density at radius 2 is 1.93 bits per heavy atom. The van der Waals surface area contributed by atoms with E-state index in [1.807, 2.05) is 14.0 Å². The van der Waals surface area contributed by atoms with Crippen LogP contribution in [0.5, 0.6) is 0 Å². The van der Waals surface area contributed by atoms with Crippen LogP contribution in [0.3, 0.4) is 0 Å². The van der Waals surface area contributed by atoms with Crippen LogP contribution in [0, 0.1) is 12.7 Å². The maximum Gasteiger partial charge on any atom is 0.123 e. The summed E-state index contributed by atoms with van der Waals surface area (Å²) in [4.78, 5) is 0. The quantitative estimate of drug-likeness (QED) is 0.802. The second-order valence-electron chi connectivity index (χ2n) is 4.39. The monoisotopic (exact) mass is 209 g/mol. The molecule has 0 spiro atoms. The molecule has 1 nitrogen and oxygen atoms in total. The first kappa shape index (κ1) is 12.2. The number of rotatable bonds is 4. The SMILES string of the molecule is CNC(C)CC(C)c1cc(C)cc(F)c1. The lowest BCUT2D eigenvalue weighted by Crippen LogP contribution is -2.22. The highest BCUT2D eigenvalue weighted by Gasteiger charge is 2.10. The molecule has 84 valence electrons. The van der Waals surface area contributed by atoms with Crippen molar-refractivity contribution < 1.29 is 4.39 Å². The van der Waals surface area contributed by atoms with Gasteiger partial charge in [0.05, 0.1) is 0 Å². The Kier molecular flexibility index (Phi) is 4.28. The number of hydrogen-bond acceptors (Lipinski definition) is 1. The third-order valence-electron chi connectivity index (χ3n) is 2.83. The molecule has 0 aliphatic rings. The number of aryl methyl sites for hydroxylation is 1. The van der Waals surface area contributed by atoms with E-state index in [-0.39, 0.29) is 5.82 Å². The van der Waals surface area contributed by atoms with Crippen LogP contribution >= 0.6 is 0 Å². The molecule has 0 saturated heterocycles. The number of halogens is 1. The molecule has 0 saturated carbocycles. The summed E-state index contributed by atoms with van der Waals surface area (Å²) in [6.07, 6.45) is 1.03. The zero-order valence-corrected chi connectivity index (χ0v) is 9.97. The minimum atomic E-state index is -0.131. The molecule has 2 unspecified atom stereocenters. The molecule has 0 amide bonds. The van der Waals surface area contributed by atoms with Crippen LogP contribution in [0.4, 0.5) is 4.39 Å². The highest BCUT2D eigenvalue weighted by atomic mass is 19.1. The molecule has 0 aliphatic heterocycles. The summed E-state index contributed by atoms with van der Waals surface area (Å²) in [5, 5.41) is 3.20. The van der Waals surface area contributed by atoms with Crippen molar-refractivity contribution in [3.05, 3.63) is 35.1 Å². The fraction of sp³-hybridized carbons (Fsp3) is 0.538. The largest absolute Gasteiger partial charge is 0.317 e. The van der Waals surface area contributed by atoms with E-state index in [0.29, 0.717) is 12.0 Å². The normalized spacial score (nSPS) is 15.0. The molecule has 1 N–H and O–H groups in total. The fourth-order valence-corrected chi connectivity index (χ4v) is 1.83. The van der Waals surface area contributed by atoms with Crippen LogP contribution < -0.4 is 5.32 Å². The van der Waals surface area contributed by atoms with Crippen molar-refractivity contribution in [2.24, 2.45) is 0 Å². The third kappa shape index (κ3) is 3.63. The van der Waals surface area contributed by atoms with Gasteiger partial charge >= 0.3 is 0 Å². The van der Waals surface area contributed by atoms with Gasteiger partial charge in [0.2, 0.25) is 0 Å². The second kappa shape index (κ2) is 5.26. The third-order valence-corrected chi connectivity index (χ3v) is 2.83. The molecule has 1 aromatic carbocycles. The molecule has 0 fully saturated rings. The molecule has 1 aromatic rings. The van der Waals surface area contributed by atoms with Gasteiger partial charge in [0.1, 0.15) is 5.82 Å². The highest BCUT2D eigenvalue weighted by molar-refractivity contribution is 5.26. The van der Waals surface area contributed by atoms with Gasteiger partial charge in [-0.2, -0.15) is 0 Å². The first-order valence-electron chi connectivity index (χ1n) is 5.47. The van der Waals surface area contributed by atoms with Gasteiger partial charge in [-0.3, -0.25) is 0 Å². The Morgan fingerprint density at radius 1 is 1.27 bits per heavy atom. The summed E-state index contributed by atoms with van der Waals surface area (Å²) in [6, 6.07) is 5.73.